The van der Waals surface area contributed by atoms with Gasteiger partial charge in [-0.3, -0.25) is 4.79 Å². The summed E-state index contributed by atoms with van der Waals surface area (Å²) in [5, 5.41) is 2.82. The molecule has 0 aromatic carbocycles. The van der Waals surface area contributed by atoms with Crippen LogP contribution in [0.1, 0.15) is 43.0 Å². The second-order valence-corrected chi connectivity index (χ2v) is 4.91. The van der Waals surface area contributed by atoms with Crippen molar-refractivity contribution in [2.75, 3.05) is 18.9 Å². The third-order valence-electron chi connectivity index (χ3n) is 3.66. The van der Waals surface area contributed by atoms with Crippen molar-refractivity contribution in [2.45, 2.75) is 38.6 Å². The second-order valence-electron chi connectivity index (χ2n) is 4.91. The number of amides is 1. The Hall–Kier alpha value is -1.65. The highest BCUT2D eigenvalue weighted by Gasteiger charge is 2.26. The first-order valence-corrected chi connectivity index (χ1v) is 6.80. The zero-order valence-electron chi connectivity index (χ0n) is 11.4. The first kappa shape index (κ1) is 13.8. The van der Waals surface area contributed by atoms with Crippen molar-refractivity contribution in [1.82, 2.24) is 9.88 Å². The third kappa shape index (κ3) is 2.85. The summed E-state index contributed by atoms with van der Waals surface area (Å²) in [6.07, 6.45) is 5.77. The molecule has 1 saturated carbocycles. The molecule has 1 fully saturated rings. The molecule has 0 bridgehead atoms. The van der Waals surface area contributed by atoms with Crippen molar-refractivity contribution in [3.05, 3.63) is 23.6 Å². The van der Waals surface area contributed by atoms with Crippen LogP contribution < -0.4 is 5.32 Å². The monoisotopic (exact) mass is 265 g/mol. The van der Waals surface area contributed by atoms with Gasteiger partial charge in [-0.25, -0.2) is 9.37 Å². The van der Waals surface area contributed by atoms with E-state index in [9.17, 15) is 9.18 Å². The molecule has 1 aromatic heterocycles. The van der Waals surface area contributed by atoms with Crippen LogP contribution in [0.25, 0.3) is 0 Å². The van der Waals surface area contributed by atoms with Gasteiger partial charge in [0.15, 0.2) is 11.6 Å². The summed E-state index contributed by atoms with van der Waals surface area (Å²) >= 11 is 0. The largest absolute Gasteiger partial charge is 0.368 e. The van der Waals surface area contributed by atoms with Gasteiger partial charge >= 0.3 is 0 Å². The second kappa shape index (κ2) is 5.99. The lowest BCUT2D eigenvalue weighted by Gasteiger charge is -2.24. The van der Waals surface area contributed by atoms with E-state index in [1.165, 1.54) is 12.3 Å². The summed E-state index contributed by atoms with van der Waals surface area (Å²) in [4.78, 5) is 17.9. The number of nitrogens with one attached hydrogen (secondary N) is 1. The van der Waals surface area contributed by atoms with Crippen molar-refractivity contribution in [2.24, 2.45) is 0 Å². The summed E-state index contributed by atoms with van der Waals surface area (Å²) < 4.78 is 14.2. The highest BCUT2D eigenvalue weighted by atomic mass is 19.1. The van der Waals surface area contributed by atoms with Gasteiger partial charge in [0.05, 0.1) is 5.56 Å². The van der Waals surface area contributed by atoms with E-state index < -0.39 is 5.82 Å². The molecule has 2 rings (SSSR count). The van der Waals surface area contributed by atoms with Crippen molar-refractivity contribution in [3.63, 3.8) is 0 Å². The molecule has 4 nitrogen and oxygen atoms in total. The molecule has 0 atom stereocenters. The van der Waals surface area contributed by atoms with Gasteiger partial charge in [-0.2, -0.15) is 0 Å². The quantitative estimate of drug-likeness (QED) is 0.910. The van der Waals surface area contributed by atoms with Crippen LogP contribution in [0.2, 0.25) is 0 Å². The molecule has 19 heavy (non-hydrogen) atoms. The SMILES string of the molecule is CCNc1nccc(C(=O)N(C)C2CCCC2)c1F. The van der Waals surface area contributed by atoms with Crippen molar-refractivity contribution in [3.8, 4) is 0 Å². The van der Waals surface area contributed by atoms with Gasteiger partial charge in [-0.1, -0.05) is 12.8 Å². The Morgan fingerprint density at radius 2 is 2.21 bits per heavy atom. The normalized spacial score (nSPS) is 15.5. The van der Waals surface area contributed by atoms with Crippen LogP contribution in [0.5, 0.6) is 0 Å². The number of hydrogen-bond donors (Lipinski definition) is 1. The highest BCUT2D eigenvalue weighted by molar-refractivity contribution is 5.95. The molecule has 1 heterocycles. The number of carbonyl (C=O) groups is 1. The topological polar surface area (TPSA) is 45.2 Å². The number of aromatic nitrogens is 1. The van der Waals surface area contributed by atoms with Crippen LogP contribution >= 0.6 is 0 Å². The lowest BCUT2D eigenvalue weighted by Crippen LogP contribution is -2.35. The van der Waals surface area contributed by atoms with E-state index >= 15 is 0 Å². The molecule has 104 valence electrons. The first-order valence-electron chi connectivity index (χ1n) is 6.80. The predicted molar refractivity (Wildman–Crippen MR) is 72.7 cm³/mol. The first-order chi connectivity index (χ1) is 9.15. The van der Waals surface area contributed by atoms with Gasteiger partial charge in [0.1, 0.15) is 0 Å². The fraction of sp³-hybridized carbons (Fsp3) is 0.571. The molecular weight excluding hydrogens is 245 g/mol. The summed E-state index contributed by atoms with van der Waals surface area (Å²) in [6.45, 7) is 2.43. The Balaban J connectivity index is 2.20. The van der Waals surface area contributed by atoms with Crippen molar-refractivity contribution < 1.29 is 9.18 Å². The Kier molecular flexibility index (Phi) is 4.35. The molecule has 1 aliphatic carbocycles. The fourth-order valence-corrected chi connectivity index (χ4v) is 2.55. The van der Waals surface area contributed by atoms with Crippen LogP contribution in [0.3, 0.4) is 0 Å². The lowest BCUT2D eigenvalue weighted by molar-refractivity contribution is 0.0730. The van der Waals surface area contributed by atoms with Gasteiger partial charge in [0, 0.05) is 25.8 Å². The molecule has 0 spiro atoms. The number of anilines is 1. The molecule has 0 saturated heterocycles. The zero-order chi connectivity index (χ0) is 13.8. The van der Waals surface area contributed by atoms with Crippen molar-refractivity contribution in [1.29, 1.82) is 0 Å². The Labute approximate surface area is 113 Å². The van der Waals surface area contributed by atoms with Crippen molar-refractivity contribution >= 4 is 11.7 Å². The maximum Gasteiger partial charge on any atom is 0.257 e. The standard InChI is InChI=1S/C14H20FN3O/c1-3-16-13-12(15)11(8-9-17-13)14(19)18(2)10-6-4-5-7-10/h8-10H,3-7H2,1-2H3,(H,16,17). The van der Waals surface area contributed by atoms with Gasteiger partial charge in [-0.05, 0) is 25.8 Å². The van der Waals surface area contributed by atoms with Gasteiger partial charge in [-0.15, -0.1) is 0 Å². The minimum absolute atomic E-state index is 0.0975. The predicted octanol–water partition coefficient (Wildman–Crippen LogP) is 2.67. The van der Waals surface area contributed by atoms with E-state index in [0.717, 1.165) is 25.7 Å². The average molecular weight is 265 g/mol. The molecule has 0 unspecified atom stereocenters. The number of hydrogen-bond acceptors (Lipinski definition) is 3. The Morgan fingerprint density at radius 1 is 1.53 bits per heavy atom. The van der Waals surface area contributed by atoms with Crippen LogP contribution in [0, 0.1) is 5.82 Å². The van der Waals surface area contributed by atoms with E-state index in [1.807, 2.05) is 6.92 Å². The zero-order valence-corrected chi connectivity index (χ0v) is 11.4. The maximum absolute atomic E-state index is 14.2. The van der Waals surface area contributed by atoms with Gasteiger partial charge in [0.2, 0.25) is 0 Å². The summed E-state index contributed by atoms with van der Waals surface area (Å²) in [6, 6.07) is 1.69. The number of pyridine rings is 1. The molecule has 0 aliphatic heterocycles. The van der Waals surface area contributed by atoms with Crippen LogP contribution in [-0.2, 0) is 0 Å². The minimum atomic E-state index is -0.556. The third-order valence-corrected chi connectivity index (χ3v) is 3.66. The summed E-state index contributed by atoms with van der Waals surface area (Å²) in [7, 11) is 1.76. The molecule has 0 radical (unpaired) electrons. The van der Waals surface area contributed by atoms with E-state index in [2.05, 4.69) is 10.3 Å². The van der Waals surface area contributed by atoms with Gasteiger partial charge < -0.3 is 10.2 Å². The summed E-state index contributed by atoms with van der Waals surface area (Å²) in [5.74, 6) is -0.668. The maximum atomic E-state index is 14.2. The minimum Gasteiger partial charge on any atom is -0.368 e. The lowest BCUT2D eigenvalue weighted by atomic mass is 10.1. The molecular formula is C14H20FN3O. The Morgan fingerprint density at radius 3 is 2.84 bits per heavy atom. The van der Waals surface area contributed by atoms with E-state index in [1.54, 1.807) is 11.9 Å². The number of rotatable bonds is 4. The number of nitrogens with zero attached hydrogens (tertiary/aromatic N) is 2. The van der Waals surface area contributed by atoms with Crippen LogP contribution in [0.4, 0.5) is 10.2 Å². The number of halogens is 1. The van der Waals surface area contributed by atoms with E-state index in [-0.39, 0.29) is 23.3 Å². The fourth-order valence-electron chi connectivity index (χ4n) is 2.55. The van der Waals surface area contributed by atoms with Crippen LogP contribution in [0.15, 0.2) is 12.3 Å². The molecule has 5 heteroatoms. The smallest absolute Gasteiger partial charge is 0.257 e. The average Bonchev–Trinajstić information content (AvgIpc) is 2.94. The number of carbonyl (C=O) groups excluding carboxylic acids is 1. The molecule has 1 aromatic rings. The highest BCUT2D eigenvalue weighted by Crippen LogP contribution is 2.25. The molecule has 1 aliphatic rings. The van der Waals surface area contributed by atoms with E-state index in [4.69, 9.17) is 0 Å². The van der Waals surface area contributed by atoms with E-state index in [0.29, 0.717) is 6.54 Å². The molecule has 1 N–H and O–H groups in total. The van der Waals surface area contributed by atoms with Crippen LogP contribution in [-0.4, -0.2) is 35.4 Å². The Bertz CT molecular complexity index is 458. The van der Waals surface area contributed by atoms with Gasteiger partial charge in [0.25, 0.3) is 5.91 Å². The molecule has 1 amide bonds. The summed E-state index contributed by atoms with van der Waals surface area (Å²) in [5.41, 5.74) is 0.0975.